The van der Waals surface area contributed by atoms with Crippen LogP contribution in [0.3, 0.4) is 0 Å². The van der Waals surface area contributed by atoms with Crippen molar-refractivity contribution in [2.24, 2.45) is 5.92 Å². The Balaban J connectivity index is 2.07. The van der Waals surface area contributed by atoms with Gasteiger partial charge in [0.25, 0.3) is 0 Å². The lowest BCUT2D eigenvalue weighted by molar-refractivity contribution is -0.142. The summed E-state index contributed by atoms with van der Waals surface area (Å²) in [6.07, 6.45) is 2.41. The number of rotatable bonds is 7. The van der Waals surface area contributed by atoms with E-state index in [1.807, 2.05) is 18.2 Å². The summed E-state index contributed by atoms with van der Waals surface area (Å²) in [6.45, 7) is 6.08. The summed E-state index contributed by atoms with van der Waals surface area (Å²) < 4.78 is 5.72. The molecule has 1 aliphatic heterocycles. The molecule has 1 aromatic carbocycles. The van der Waals surface area contributed by atoms with Gasteiger partial charge in [0.15, 0.2) is 0 Å². The van der Waals surface area contributed by atoms with Crippen LogP contribution in [0.2, 0.25) is 0 Å². The van der Waals surface area contributed by atoms with Crippen LogP contribution in [-0.2, 0) is 9.53 Å². The largest absolute Gasteiger partial charge is 0.481 e. The molecule has 0 aromatic heterocycles. The Kier molecular flexibility index (Phi) is 5.76. The molecule has 0 saturated carbocycles. The summed E-state index contributed by atoms with van der Waals surface area (Å²) in [5, 5.41) is 9.19. The van der Waals surface area contributed by atoms with Crippen LogP contribution < -0.4 is 0 Å². The van der Waals surface area contributed by atoms with E-state index in [9.17, 15) is 9.90 Å². The Morgan fingerprint density at radius 1 is 1.38 bits per heavy atom. The molecule has 0 radical (unpaired) electrons. The van der Waals surface area contributed by atoms with Crippen molar-refractivity contribution in [3.05, 3.63) is 35.9 Å². The molecule has 1 heterocycles. The van der Waals surface area contributed by atoms with E-state index in [2.05, 4.69) is 24.0 Å². The van der Waals surface area contributed by atoms with E-state index in [4.69, 9.17) is 4.74 Å². The quantitative estimate of drug-likeness (QED) is 0.839. The predicted octanol–water partition coefficient (Wildman–Crippen LogP) is 2.95. The molecule has 2 rings (SSSR count). The summed E-state index contributed by atoms with van der Waals surface area (Å²) in [6, 6.07) is 10.4. The highest BCUT2D eigenvalue weighted by Gasteiger charge is 2.26. The van der Waals surface area contributed by atoms with Crippen molar-refractivity contribution >= 4 is 5.97 Å². The van der Waals surface area contributed by atoms with E-state index in [1.165, 1.54) is 5.56 Å². The van der Waals surface area contributed by atoms with Crippen LogP contribution in [0.25, 0.3) is 0 Å². The molecule has 1 N–H and O–H groups in total. The van der Waals surface area contributed by atoms with Gasteiger partial charge in [-0.2, -0.15) is 0 Å². The van der Waals surface area contributed by atoms with Crippen molar-refractivity contribution in [3.63, 3.8) is 0 Å². The molecule has 0 aliphatic carbocycles. The number of aliphatic carboxylic acids is 1. The van der Waals surface area contributed by atoms with Crippen LogP contribution in [0, 0.1) is 5.92 Å². The van der Waals surface area contributed by atoms with Gasteiger partial charge in [-0.3, -0.25) is 9.69 Å². The van der Waals surface area contributed by atoms with Crippen molar-refractivity contribution in [3.8, 4) is 0 Å². The fraction of sp³-hybridized carbons (Fsp3) is 0.588. The average molecular weight is 291 g/mol. The number of carbonyl (C=O) groups is 1. The van der Waals surface area contributed by atoms with Crippen molar-refractivity contribution in [1.82, 2.24) is 4.90 Å². The third-order valence-electron chi connectivity index (χ3n) is 4.22. The van der Waals surface area contributed by atoms with Gasteiger partial charge < -0.3 is 9.84 Å². The van der Waals surface area contributed by atoms with Crippen molar-refractivity contribution in [1.29, 1.82) is 0 Å². The molecule has 1 aliphatic rings. The van der Waals surface area contributed by atoms with Crippen LogP contribution in [0.5, 0.6) is 0 Å². The van der Waals surface area contributed by atoms with Crippen LogP contribution in [-0.4, -0.2) is 41.8 Å². The standard InChI is InChI=1S/C17H25NO3/c1-13(17(19)20)11-18(12-16-9-6-10-21-16)14(2)15-7-4-3-5-8-15/h3-5,7-8,13-14,16H,6,9-12H2,1-2H3,(H,19,20). The van der Waals surface area contributed by atoms with Gasteiger partial charge in [0.2, 0.25) is 0 Å². The van der Waals surface area contributed by atoms with Gasteiger partial charge in [-0.25, -0.2) is 0 Å². The number of hydrogen-bond donors (Lipinski definition) is 1. The monoisotopic (exact) mass is 291 g/mol. The zero-order valence-electron chi connectivity index (χ0n) is 12.9. The molecule has 3 unspecified atom stereocenters. The highest BCUT2D eigenvalue weighted by Crippen LogP contribution is 2.24. The van der Waals surface area contributed by atoms with Gasteiger partial charge in [0, 0.05) is 25.7 Å². The van der Waals surface area contributed by atoms with Gasteiger partial charge in [-0.1, -0.05) is 37.3 Å². The van der Waals surface area contributed by atoms with Crippen LogP contribution >= 0.6 is 0 Å². The topological polar surface area (TPSA) is 49.8 Å². The Bertz CT molecular complexity index is 443. The summed E-state index contributed by atoms with van der Waals surface area (Å²) in [5.41, 5.74) is 1.22. The van der Waals surface area contributed by atoms with Crippen LogP contribution in [0.1, 0.15) is 38.3 Å². The molecule has 3 atom stereocenters. The van der Waals surface area contributed by atoms with Gasteiger partial charge in [0.05, 0.1) is 12.0 Å². The first-order chi connectivity index (χ1) is 10.1. The van der Waals surface area contributed by atoms with E-state index < -0.39 is 5.97 Å². The van der Waals surface area contributed by atoms with E-state index in [-0.39, 0.29) is 18.1 Å². The average Bonchev–Trinajstić information content (AvgIpc) is 2.99. The molecular weight excluding hydrogens is 266 g/mol. The summed E-state index contributed by atoms with van der Waals surface area (Å²) in [7, 11) is 0. The Morgan fingerprint density at radius 2 is 2.10 bits per heavy atom. The maximum absolute atomic E-state index is 11.2. The second-order valence-corrected chi connectivity index (χ2v) is 5.91. The Hall–Kier alpha value is -1.39. The summed E-state index contributed by atoms with van der Waals surface area (Å²) in [5.74, 6) is -1.12. The van der Waals surface area contributed by atoms with Crippen LogP contribution in [0.15, 0.2) is 30.3 Å². The van der Waals surface area contributed by atoms with Crippen molar-refractivity contribution in [2.75, 3.05) is 19.7 Å². The third kappa shape index (κ3) is 4.55. The fourth-order valence-corrected chi connectivity index (χ4v) is 2.81. The van der Waals surface area contributed by atoms with Crippen LogP contribution in [0.4, 0.5) is 0 Å². The number of carboxylic acid groups (broad SMARTS) is 1. The first-order valence-corrected chi connectivity index (χ1v) is 7.71. The highest BCUT2D eigenvalue weighted by molar-refractivity contribution is 5.69. The zero-order valence-corrected chi connectivity index (χ0v) is 12.9. The molecule has 4 nitrogen and oxygen atoms in total. The van der Waals surface area contributed by atoms with E-state index in [0.717, 1.165) is 26.0 Å². The lowest BCUT2D eigenvalue weighted by Gasteiger charge is -2.32. The number of hydrogen-bond acceptors (Lipinski definition) is 3. The van der Waals surface area contributed by atoms with Gasteiger partial charge in [0.1, 0.15) is 0 Å². The van der Waals surface area contributed by atoms with E-state index in [0.29, 0.717) is 6.54 Å². The first-order valence-electron chi connectivity index (χ1n) is 7.71. The lowest BCUT2D eigenvalue weighted by Crippen LogP contribution is -2.39. The molecule has 4 heteroatoms. The first kappa shape index (κ1) is 16.0. The van der Waals surface area contributed by atoms with E-state index >= 15 is 0 Å². The predicted molar refractivity (Wildman–Crippen MR) is 82.2 cm³/mol. The number of ether oxygens (including phenoxy) is 1. The maximum atomic E-state index is 11.2. The molecule has 0 spiro atoms. The van der Waals surface area contributed by atoms with Gasteiger partial charge in [-0.15, -0.1) is 0 Å². The number of benzene rings is 1. The van der Waals surface area contributed by atoms with Crippen molar-refractivity contribution < 1.29 is 14.6 Å². The molecule has 116 valence electrons. The minimum absolute atomic E-state index is 0.192. The minimum Gasteiger partial charge on any atom is -0.481 e. The molecule has 0 bridgehead atoms. The maximum Gasteiger partial charge on any atom is 0.307 e. The normalized spacial score (nSPS) is 21.4. The second kappa shape index (κ2) is 7.57. The molecule has 21 heavy (non-hydrogen) atoms. The minimum atomic E-state index is -0.743. The number of nitrogens with zero attached hydrogens (tertiary/aromatic N) is 1. The summed E-state index contributed by atoms with van der Waals surface area (Å²) >= 11 is 0. The second-order valence-electron chi connectivity index (χ2n) is 5.91. The molecule has 1 fully saturated rings. The highest BCUT2D eigenvalue weighted by atomic mass is 16.5. The SMILES string of the molecule is CC(CN(CC1CCCO1)C(C)c1ccccc1)C(=O)O. The summed E-state index contributed by atoms with van der Waals surface area (Å²) in [4.78, 5) is 13.4. The smallest absolute Gasteiger partial charge is 0.307 e. The Labute approximate surface area is 126 Å². The zero-order chi connectivity index (χ0) is 15.2. The number of carboxylic acids is 1. The molecule has 1 aromatic rings. The van der Waals surface area contributed by atoms with Gasteiger partial charge >= 0.3 is 5.97 Å². The third-order valence-corrected chi connectivity index (χ3v) is 4.22. The van der Waals surface area contributed by atoms with Crippen molar-refractivity contribution in [2.45, 2.75) is 38.8 Å². The van der Waals surface area contributed by atoms with Gasteiger partial charge in [-0.05, 0) is 25.3 Å². The molecular formula is C17H25NO3. The lowest BCUT2D eigenvalue weighted by atomic mass is 10.0. The fourth-order valence-electron chi connectivity index (χ4n) is 2.81. The van der Waals surface area contributed by atoms with E-state index in [1.54, 1.807) is 6.92 Å². The molecule has 0 amide bonds. The Morgan fingerprint density at radius 3 is 2.67 bits per heavy atom. The molecule has 1 saturated heterocycles.